The number of aromatic nitrogens is 3. The molecule has 2 aromatic carbocycles. The third kappa shape index (κ3) is 4.72. The SMILES string of the molecule is COc1cc2c(Nc3ccncc3)ncnc2cc1OCc1cccc(S(C)(=O)=O)c1. The third-order valence-electron chi connectivity index (χ3n) is 4.58. The van der Waals surface area contributed by atoms with E-state index in [0.717, 1.165) is 16.6 Å². The van der Waals surface area contributed by atoms with Crippen LogP contribution >= 0.6 is 0 Å². The molecule has 4 rings (SSSR count). The first-order valence-electron chi connectivity index (χ1n) is 9.35. The number of fused-ring (bicyclic) bond motifs is 1. The second-order valence-corrected chi connectivity index (χ2v) is 8.83. The number of ether oxygens (including phenoxy) is 2. The minimum absolute atomic E-state index is 0.179. The molecule has 31 heavy (non-hydrogen) atoms. The second kappa shape index (κ2) is 8.57. The van der Waals surface area contributed by atoms with Gasteiger partial charge in [0.1, 0.15) is 18.8 Å². The summed E-state index contributed by atoms with van der Waals surface area (Å²) in [7, 11) is -1.73. The summed E-state index contributed by atoms with van der Waals surface area (Å²) in [6, 6.07) is 13.9. The van der Waals surface area contributed by atoms with Crippen molar-refractivity contribution in [1.29, 1.82) is 0 Å². The van der Waals surface area contributed by atoms with Crippen LogP contribution in [0.1, 0.15) is 5.56 Å². The molecule has 0 radical (unpaired) electrons. The van der Waals surface area contributed by atoms with Gasteiger partial charge in [-0.05, 0) is 35.9 Å². The van der Waals surface area contributed by atoms with E-state index < -0.39 is 9.84 Å². The summed E-state index contributed by atoms with van der Waals surface area (Å²) in [5, 5.41) is 4.02. The van der Waals surface area contributed by atoms with E-state index in [9.17, 15) is 8.42 Å². The van der Waals surface area contributed by atoms with Crippen LogP contribution in [0.3, 0.4) is 0 Å². The fraction of sp³-hybridized carbons (Fsp3) is 0.136. The third-order valence-corrected chi connectivity index (χ3v) is 5.69. The summed E-state index contributed by atoms with van der Waals surface area (Å²) >= 11 is 0. The van der Waals surface area contributed by atoms with Crippen LogP contribution < -0.4 is 14.8 Å². The van der Waals surface area contributed by atoms with Gasteiger partial charge in [0, 0.05) is 35.8 Å². The Kier molecular flexibility index (Phi) is 5.68. The maximum absolute atomic E-state index is 11.8. The molecular weight excluding hydrogens is 416 g/mol. The highest BCUT2D eigenvalue weighted by Gasteiger charge is 2.13. The molecular formula is C22H20N4O4S. The number of nitrogens with zero attached hydrogens (tertiary/aromatic N) is 3. The van der Waals surface area contributed by atoms with Crippen molar-refractivity contribution in [3.05, 3.63) is 72.8 Å². The van der Waals surface area contributed by atoms with Crippen molar-refractivity contribution in [3.63, 3.8) is 0 Å². The smallest absolute Gasteiger partial charge is 0.175 e. The fourth-order valence-corrected chi connectivity index (χ4v) is 3.73. The van der Waals surface area contributed by atoms with Gasteiger partial charge in [-0.3, -0.25) is 4.98 Å². The monoisotopic (exact) mass is 436 g/mol. The number of pyridine rings is 1. The van der Waals surface area contributed by atoms with Gasteiger partial charge in [-0.15, -0.1) is 0 Å². The van der Waals surface area contributed by atoms with Crippen molar-refractivity contribution in [1.82, 2.24) is 15.0 Å². The van der Waals surface area contributed by atoms with Crippen LogP contribution in [0.4, 0.5) is 11.5 Å². The Morgan fingerprint density at radius 2 is 1.81 bits per heavy atom. The Balaban J connectivity index is 1.63. The molecule has 1 N–H and O–H groups in total. The van der Waals surface area contributed by atoms with E-state index in [-0.39, 0.29) is 11.5 Å². The van der Waals surface area contributed by atoms with Gasteiger partial charge in [-0.1, -0.05) is 12.1 Å². The summed E-state index contributed by atoms with van der Waals surface area (Å²) in [4.78, 5) is 12.9. The highest BCUT2D eigenvalue weighted by atomic mass is 32.2. The molecule has 2 aromatic heterocycles. The summed E-state index contributed by atoms with van der Waals surface area (Å²) < 4.78 is 35.0. The first-order chi connectivity index (χ1) is 14.9. The maximum atomic E-state index is 11.8. The Hall–Kier alpha value is -3.72. The molecule has 158 valence electrons. The fourth-order valence-electron chi connectivity index (χ4n) is 3.03. The Labute approximate surface area is 179 Å². The van der Waals surface area contributed by atoms with Crippen LogP contribution in [0.15, 0.2) is 72.1 Å². The molecule has 0 aliphatic carbocycles. The van der Waals surface area contributed by atoms with Gasteiger partial charge in [-0.2, -0.15) is 0 Å². The highest BCUT2D eigenvalue weighted by molar-refractivity contribution is 7.90. The molecule has 0 saturated heterocycles. The number of rotatable bonds is 7. The van der Waals surface area contributed by atoms with Crippen molar-refractivity contribution in [2.75, 3.05) is 18.7 Å². The molecule has 4 aromatic rings. The van der Waals surface area contributed by atoms with E-state index in [1.54, 1.807) is 55.9 Å². The minimum atomic E-state index is -3.29. The van der Waals surface area contributed by atoms with Crippen LogP contribution in [0.5, 0.6) is 11.5 Å². The molecule has 0 aliphatic rings. The van der Waals surface area contributed by atoms with Gasteiger partial charge in [0.15, 0.2) is 21.3 Å². The van der Waals surface area contributed by atoms with E-state index >= 15 is 0 Å². The first-order valence-corrected chi connectivity index (χ1v) is 11.2. The number of sulfone groups is 1. The first kappa shape index (κ1) is 20.5. The molecule has 2 heterocycles. The minimum Gasteiger partial charge on any atom is -0.493 e. The van der Waals surface area contributed by atoms with Gasteiger partial charge in [-0.25, -0.2) is 18.4 Å². The van der Waals surface area contributed by atoms with E-state index in [0.29, 0.717) is 22.8 Å². The zero-order chi connectivity index (χ0) is 21.8. The standard InChI is InChI=1S/C22H20N4O4S/c1-29-20-11-18-19(24-14-25-22(18)26-16-6-8-23-9-7-16)12-21(20)30-13-15-4-3-5-17(10-15)31(2,27)28/h3-12,14H,13H2,1-2H3,(H,23,24,25,26). The number of benzene rings is 2. The van der Waals surface area contributed by atoms with Crippen molar-refractivity contribution in [2.45, 2.75) is 11.5 Å². The van der Waals surface area contributed by atoms with Crippen molar-refractivity contribution < 1.29 is 17.9 Å². The number of hydrogen-bond donors (Lipinski definition) is 1. The zero-order valence-corrected chi connectivity index (χ0v) is 17.8. The average Bonchev–Trinajstić information content (AvgIpc) is 2.77. The predicted molar refractivity (Wildman–Crippen MR) is 117 cm³/mol. The number of methoxy groups -OCH3 is 1. The van der Waals surface area contributed by atoms with E-state index in [1.807, 2.05) is 12.1 Å². The summed E-state index contributed by atoms with van der Waals surface area (Å²) in [6.45, 7) is 0.179. The van der Waals surface area contributed by atoms with Gasteiger partial charge >= 0.3 is 0 Å². The molecule has 0 unspecified atom stereocenters. The molecule has 0 saturated carbocycles. The molecule has 8 nitrogen and oxygen atoms in total. The number of hydrogen-bond acceptors (Lipinski definition) is 8. The summed E-state index contributed by atoms with van der Waals surface area (Å²) in [5.41, 5.74) is 2.25. The summed E-state index contributed by atoms with van der Waals surface area (Å²) in [5.74, 6) is 1.63. The second-order valence-electron chi connectivity index (χ2n) is 6.81. The quantitative estimate of drug-likeness (QED) is 0.467. The normalized spacial score (nSPS) is 11.3. The van der Waals surface area contributed by atoms with E-state index in [2.05, 4.69) is 20.3 Å². The lowest BCUT2D eigenvalue weighted by Gasteiger charge is -2.14. The predicted octanol–water partition coefficient (Wildman–Crippen LogP) is 3.76. The van der Waals surface area contributed by atoms with Crippen LogP contribution in [0.25, 0.3) is 10.9 Å². The Morgan fingerprint density at radius 3 is 2.55 bits per heavy atom. The number of anilines is 2. The van der Waals surface area contributed by atoms with Gasteiger partial charge in [0.25, 0.3) is 0 Å². The topological polar surface area (TPSA) is 103 Å². The lowest BCUT2D eigenvalue weighted by molar-refractivity contribution is 0.285. The van der Waals surface area contributed by atoms with Crippen LogP contribution in [0, 0.1) is 0 Å². The summed E-state index contributed by atoms with van der Waals surface area (Å²) in [6.07, 6.45) is 6.03. The molecule has 0 amide bonds. The molecule has 9 heteroatoms. The largest absolute Gasteiger partial charge is 0.493 e. The average molecular weight is 436 g/mol. The zero-order valence-electron chi connectivity index (χ0n) is 16.9. The van der Waals surface area contributed by atoms with Crippen molar-refractivity contribution >= 4 is 32.2 Å². The van der Waals surface area contributed by atoms with Gasteiger partial charge in [0.05, 0.1) is 17.5 Å². The molecule has 0 aliphatic heterocycles. The lowest BCUT2D eigenvalue weighted by atomic mass is 10.2. The van der Waals surface area contributed by atoms with Gasteiger partial charge < -0.3 is 14.8 Å². The van der Waals surface area contributed by atoms with E-state index in [4.69, 9.17) is 9.47 Å². The van der Waals surface area contributed by atoms with Crippen LogP contribution in [-0.2, 0) is 16.4 Å². The Bertz CT molecular complexity index is 1330. The van der Waals surface area contributed by atoms with Crippen molar-refractivity contribution in [3.8, 4) is 11.5 Å². The molecule has 0 spiro atoms. The maximum Gasteiger partial charge on any atom is 0.175 e. The van der Waals surface area contributed by atoms with Crippen molar-refractivity contribution in [2.24, 2.45) is 0 Å². The lowest BCUT2D eigenvalue weighted by Crippen LogP contribution is -2.02. The molecule has 0 fully saturated rings. The van der Waals surface area contributed by atoms with E-state index in [1.165, 1.54) is 12.6 Å². The molecule has 0 bridgehead atoms. The van der Waals surface area contributed by atoms with Gasteiger partial charge in [0.2, 0.25) is 0 Å². The molecule has 0 atom stereocenters. The van der Waals surface area contributed by atoms with Crippen LogP contribution in [-0.4, -0.2) is 36.7 Å². The van der Waals surface area contributed by atoms with Crippen LogP contribution in [0.2, 0.25) is 0 Å². The Morgan fingerprint density at radius 1 is 1.00 bits per heavy atom. The highest BCUT2D eigenvalue weighted by Crippen LogP contribution is 2.35. The number of nitrogens with one attached hydrogen (secondary N) is 1.